The van der Waals surface area contributed by atoms with Gasteiger partial charge < -0.3 is 10.1 Å². The summed E-state index contributed by atoms with van der Waals surface area (Å²) in [6.45, 7) is 2.66. The Labute approximate surface area is 144 Å². The largest absolute Gasteiger partial charge is 0.494 e. The summed E-state index contributed by atoms with van der Waals surface area (Å²) in [5.74, 6) is 0.882. The van der Waals surface area contributed by atoms with Crippen LogP contribution in [0.1, 0.15) is 6.92 Å². The molecule has 1 aromatic heterocycles. The molecule has 0 saturated carbocycles. The maximum absolute atomic E-state index is 5.43. The van der Waals surface area contributed by atoms with Crippen LogP contribution in [0.5, 0.6) is 5.75 Å². The number of benzene rings is 2. The fourth-order valence-electron chi connectivity index (χ4n) is 2.00. The number of anilines is 2. The third kappa shape index (κ3) is 4.08. The number of nitrogens with one attached hydrogen (secondary N) is 1. The van der Waals surface area contributed by atoms with E-state index in [4.69, 9.17) is 4.74 Å². The monoisotopic (exact) mass is 376 g/mol. The van der Waals surface area contributed by atoms with Crippen LogP contribution in [0.4, 0.5) is 10.8 Å². The predicted molar refractivity (Wildman–Crippen MR) is 98.8 cm³/mol. The zero-order valence-electron chi connectivity index (χ0n) is 12.2. The lowest BCUT2D eigenvalue weighted by molar-refractivity contribution is 0.340. The van der Waals surface area contributed by atoms with Crippen molar-refractivity contribution in [1.29, 1.82) is 0 Å². The Hall–Kier alpha value is -1.85. The highest BCUT2D eigenvalue weighted by molar-refractivity contribution is 8.93. The Morgan fingerprint density at radius 1 is 1.05 bits per heavy atom. The van der Waals surface area contributed by atoms with Crippen LogP contribution in [-0.4, -0.2) is 11.6 Å². The average Bonchev–Trinajstić information content (AvgIpc) is 2.99. The van der Waals surface area contributed by atoms with Gasteiger partial charge in [0, 0.05) is 16.6 Å². The minimum Gasteiger partial charge on any atom is -0.494 e. The van der Waals surface area contributed by atoms with E-state index in [9.17, 15) is 0 Å². The van der Waals surface area contributed by atoms with E-state index in [0.717, 1.165) is 27.8 Å². The summed E-state index contributed by atoms with van der Waals surface area (Å²) in [4.78, 5) is 4.61. The number of thiazole rings is 1. The minimum atomic E-state index is 0. The molecule has 5 heteroatoms. The molecule has 0 unspecified atom stereocenters. The van der Waals surface area contributed by atoms with E-state index in [1.165, 1.54) is 0 Å². The molecule has 2 aromatic carbocycles. The van der Waals surface area contributed by atoms with Gasteiger partial charge in [-0.05, 0) is 31.2 Å². The van der Waals surface area contributed by atoms with Crippen LogP contribution in [0.2, 0.25) is 0 Å². The van der Waals surface area contributed by atoms with Crippen LogP contribution in [0.25, 0.3) is 11.3 Å². The summed E-state index contributed by atoms with van der Waals surface area (Å²) in [6, 6.07) is 18.1. The van der Waals surface area contributed by atoms with E-state index in [2.05, 4.69) is 27.8 Å². The lowest BCUT2D eigenvalue weighted by atomic mass is 10.2. The summed E-state index contributed by atoms with van der Waals surface area (Å²) >= 11 is 1.60. The summed E-state index contributed by atoms with van der Waals surface area (Å²) in [5.41, 5.74) is 3.13. The van der Waals surface area contributed by atoms with Gasteiger partial charge in [-0.3, -0.25) is 0 Å². The molecule has 0 radical (unpaired) electrons. The predicted octanol–water partition coefficient (Wildman–Crippen LogP) is 5.53. The summed E-state index contributed by atoms with van der Waals surface area (Å²) < 4.78 is 5.43. The molecule has 0 bridgehead atoms. The third-order valence-electron chi connectivity index (χ3n) is 2.99. The first-order valence-corrected chi connectivity index (χ1v) is 7.74. The molecule has 0 amide bonds. The Balaban J connectivity index is 0.00000176. The lowest BCUT2D eigenvalue weighted by Crippen LogP contribution is -1.92. The topological polar surface area (TPSA) is 34.1 Å². The summed E-state index contributed by atoms with van der Waals surface area (Å²) in [7, 11) is 0. The normalized spacial score (nSPS) is 9.86. The van der Waals surface area contributed by atoms with Gasteiger partial charge in [-0.1, -0.05) is 30.3 Å². The van der Waals surface area contributed by atoms with Crippen LogP contribution in [0.3, 0.4) is 0 Å². The minimum absolute atomic E-state index is 0. The molecule has 0 spiro atoms. The highest BCUT2D eigenvalue weighted by atomic mass is 79.9. The van der Waals surface area contributed by atoms with E-state index in [-0.39, 0.29) is 17.0 Å². The molecule has 0 aliphatic heterocycles. The maximum atomic E-state index is 5.43. The van der Waals surface area contributed by atoms with Gasteiger partial charge in [0.1, 0.15) is 5.75 Å². The van der Waals surface area contributed by atoms with Crippen molar-refractivity contribution in [2.24, 2.45) is 0 Å². The van der Waals surface area contributed by atoms with E-state index >= 15 is 0 Å². The zero-order valence-corrected chi connectivity index (χ0v) is 14.7. The van der Waals surface area contributed by atoms with Gasteiger partial charge >= 0.3 is 0 Å². The first kappa shape index (κ1) is 16.5. The Morgan fingerprint density at radius 2 is 1.77 bits per heavy atom. The fourth-order valence-corrected chi connectivity index (χ4v) is 2.74. The standard InChI is InChI=1S/C17H16N2OS.BrH/c1-2-20-15-10-8-14(9-11-15)18-17-19-16(12-21-17)13-6-4-3-5-7-13;/h3-12H,2H2,1H3,(H,18,19);1H. The number of nitrogens with zero attached hydrogens (tertiary/aromatic N) is 1. The van der Waals surface area contributed by atoms with Crippen LogP contribution >= 0.6 is 28.3 Å². The van der Waals surface area contributed by atoms with Crippen molar-refractivity contribution in [2.75, 3.05) is 11.9 Å². The molecule has 0 saturated heterocycles. The smallest absolute Gasteiger partial charge is 0.187 e. The molecule has 3 rings (SSSR count). The average molecular weight is 377 g/mol. The van der Waals surface area contributed by atoms with Crippen molar-refractivity contribution in [3.8, 4) is 17.0 Å². The Kier molecular flexibility index (Phi) is 5.98. The lowest BCUT2D eigenvalue weighted by Gasteiger charge is -2.05. The van der Waals surface area contributed by atoms with Crippen molar-refractivity contribution in [3.63, 3.8) is 0 Å². The molecule has 114 valence electrons. The van der Waals surface area contributed by atoms with Gasteiger partial charge in [-0.15, -0.1) is 28.3 Å². The molecular weight excluding hydrogens is 360 g/mol. The van der Waals surface area contributed by atoms with Gasteiger partial charge in [-0.2, -0.15) is 0 Å². The van der Waals surface area contributed by atoms with Gasteiger partial charge in [-0.25, -0.2) is 4.98 Å². The van der Waals surface area contributed by atoms with Crippen LogP contribution < -0.4 is 10.1 Å². The zero-order chi connectivity index (χ0) is 14.5. The second-order valence-electron chi connectivity index (χ2n) is 4.49. The van der Waals surface area contributed by atoms with E-state index in [1.807, 2.05) is 49.4 Å². The van der Waals surface area contributed by atoms with Gasteiger partial charge in [0.25, 0.3) is 0 Å². The van der Waals surface area contributed by atoms with Crippen LogP contribution in [0.15, 0.2) is 60.0 Å². The van der Waals surface area contributed by atoms with Gasteiger partial charge in [0.15, 0.2) is 5.13 Å². The number of hydrogen-bond acceptors (Lipinski definition) is 4. The first-order valence-electron chi connectivity index (χ1n) is 6.86. The SMILES string of the molecule is Br.CCOc1ccc(Nc2nc(-c3ccccc3)cs2)cc1. The molecule has 0 atom stereocenters. The van der Waals surface area contributed by atoms with Crippen molar-refractivity contribution in [1.82, 2.24) is 4.98 Å². The number of halogens is 1. The quantitative estimate of drug-likeness (QED) is 0.635. The van der Waals surface area contributed by atoms with Crippen molar-refractivity contribution < 1.29 is 4.74 Å². The highest BCUT2D eigenvalue weighted by Gasteiger charge is 2.04. The molecule has 0 aliphatic rings. The fraction of sp³-hybridized carbons (Fsp3) is 0.118. The first-order chi connectivity index (χ1) is 10.3. The van der Waals surface area contributed by atoms with Crippen molar-refractivity contribution >= 4 is 39.1 Å². The molecule has 1 N–H and O–H groups in total. The molecule has 22 heavy (non-hydrogen) atoms. The van der Waals surface area contributed by atoms with Crippen molar-refractivity contribution in [3.05, 3.63) is 60.0 Å². The number of rotatable bonds is 5. The van der Waals surface area contributed by atoms with Crippen molar-refractivity contribution in [2.45, 2.75) is 6.92 Å². The molecule has 3 aromatic rings. The molecule has 1 heterocycles. The number of ether oxygens (including phenoxy) is 1. The summed E-state index contributed by atoms with van der Waals surface area (Å²) in [6.07, 6.45) is 0. The van der Waals surface area contributed by atoms with Gasteiger partial charge in [0.2, 0.25) is 0 Å². The number of aromatic nitrogens is 1. The third-order valence-corrected chi connectivity index (χ3v) is 3.75. The molecule has 0 fully saturated rings. The molecule has 0 aliphatic carbocycles. The molecule has 3 nitrogen and oxygen atoms in total. The molecular formula is C17H17BrN2OS. The summed E-state index contributed by atoms with van der Waals surface area (Å²) in [5, 5.41) is 6.26. The van der Waals surface area contributed by atoms with Gasteiger partial charge in [0.05, 0.1) is 12.3 Å². The van der Waals surface area contributed by atoms with E-state index < -0.39 is 0 Å². The van der Waals surface area contributed by atoms with E-state index in [0.29, 0.717) is 6.61 Å². The van der Waals surface area contributed by atoms with Crippen LogP contribution in [-0.2, 0) is 0 Å². The second-order valence-corrected chi connectivity index (χ2v) is 5.34. The maximum Gasteiger partial charge on any atom is 0.187 e. The Bertz CT molecular complexity index is 698. The highest BCUT2D eigenvalue weighted by Crippen LogP contribution is 2.27. The number of hydrogen-bond donors (Lipinski definition) is 1. The van der Waals surface area contributed by atoms with E-state index in [1.54, 1.807) is 11.3 Å². The van der Waals surface area contributed by atoms with Crippen LogP contribution in [0, 0.1) is 0 Å². The Morgan fingerprint density at radius 3 is 2.45 bits per heavy atom. The second kappa shape index (κ2) is 7.96.